The fourth-order valence-corrected chi connectivity index (χ4v) is 8.40. The van der Waals surface area contributed by atoms with Crippen LogP contribution in [0.25, 0.3) is 0 Å². The molecule has 1 aliphatic heterocycles. The predicted octanol–water partition coefficient (Wildman–Crippen LogP) is 3.29. The minimum atomic E-state index is -2.96. The van der Waals surface area contributed by atoms with Crippen molar-refractivity contribution >= 4 is 33.4 Å². The van der Waals surface area contributed by atoms with Gasteiger partial charge in [-0.25, -0.2) is 8.42 Å². The third-order valence-corrected chi connectivity index (χ3v) is 11.8. The number of amides is 2. The Kier molecular flexibility index (Phi) is 9.55. The van der Waals surface area contributed by atoms with E-state index < -0.39 is 9.84 Å². The van der Waals surface area contributed by atoms with Crippen molar-refractivity contribution in [1.82, 2.24) is 15.5 Å². The Morgan fingerprint density at radius 3 is 2.15 bits per heavy atom. The van der Waals surface area contributed by atoms with E-state index in [0.29, 0.717) is 37.1 Å². The molecule has 2 saturated carbocycles. The Morgan fingerprint density at radius 2 is 1.64 bits per heavy atom. The van der Waals surface area contributed by atoms with Crippen LogP contribution < -0.4 is 10.6 Å². The Morgan fingerprint density at radius 1 is 1.00 bits per heavy atom. The number of hydrogen-bond donors (Lipinski definition) is 2. The van der Waals surface area contributed by atoms with Crippen LogP contribution in [0.5, 0.6) is 0 Å². The predicted molar refractivity (Wildman–Crippen MR) is 135 cm³/mol. The second-order valence-electron chi connectivity index (χ2n) is 10.2. The molecule has 3 fully saturated rings. The molecule has 3 atom stereocenters. The van der Waals surface area contributed by atoms with E-state index in [9.17, 15) is 18.0 Å². The largest absolute Gasteiger partial charge is 0.353 e. The maximum Gasteiger partial charge on any atom is 0.227 e. The molecule has 2 aliphatic carbocycles. The molecule has 0 bridgehead atoms. The van der Waals surface area contributed by atoms with Gasteiger partial charge in [-0.1, -0.05) is 13.8 Å². The number of sulfone groups is 1. The molecule has 2 N–H and O–H groups in total. The van der Waals surface area contributed by atoms with Gasteiger partial charge < -0.3 is 10.2 Å². The summed E-state index contributed by atoms with van der Waals surface area (Å²) in [7, 11) is -2.96. The molecule has 0 aromatic rings. The van der Waals surface area contributed by atoms with Crippen molar-refractivity contribution in [2.45, 2.75) is 114 Å². The number of nitrogens with zero attached hydrogens (tertiary/aromatic N) is 1. The first-order valence-electron chi connectivity index (χ1n) is 12.9. The van der Waals surface area contributed by atoms with Gasteiger partial charge >= 0.3 is 0 Å². The zero-order chi connectivity index (χ0) is 24.2. The van der Waals surface area contributed by atoms with Gasteiger partial charge in [-0.15, -0.1) is 11.8 Å². The van der Waals surface area contributed by atoms with Crippen molar-refractivity contribution in [3.05, 3.63) is 0 Å². The second kappa shape index (κ2) is 11.8. The molecule has 0 aromatic heterocycles. The molecule has 0 aromatic carbocycles. The van der Waals surface area contributed by atoms with Crippen molar-refractivity contribution in [2.24, 2.45) is 11.8 Å². The summed E-state index contributed by atoms with van der Waals surface area (Å²) in [5.74, 6) is 0.856. The third-order valence-electron chi connectivity index (χ3n) is 7.98. The summed E-state index contributed by atoms with van der Waals surface area (Å²) in [6.45, 7) is 8.84. The fraction of sp³-hybridized carbons (Fsp3) is 0.917. The zero-order valence-corrected chi connectivity index (χ0v) is 22.3. The molecule has 190 valence electrons. The van der Waals surface area contributed by atoms with Gasteiger partial charge in [0.1, 0.15) is 5.50 Å². The molecular weight excluding hydrogens is 458 g/mol. The quantitative estimate of drug-likeness (QED) is 0.530. The summed E-state index contributed by atoms with van der Waals surface area (Å²) < 4.78 is 24.1. The van der Waals surface area contributed by atoms with Crippen LogP contribution in [0.1, 0.15) is 85.5 Å². The minimum absolute atomic E-state index is 0.0440. The van der Waals surface area contributed by atoms with Gasteiger partial charge in [-0.05, 0) is 71.1 Å². The Hall–Kier alpha value is -0.800. The van der Waals surface area contributed by atoms with Crippen molar-refractivity contribution in [1.29, 1.82) is 0 Å². The second-order valence-corrected chi connectivity index (χ2v) is 14.2. The van der Waals surface area contributed by atoms with E-state index in [0.717, 1.165) is 38.5 Å². The molecule has 2 amide bonds. The summed E-state index contributed by atoms with van der Waals surface area (Å²) in [5.41, 5.74) is 0.0623. The number of rotatable bonds is 8. The topological polar surface area (TPSA) is 95.6 Å². The average molecular weight is 502 g/mol. The lowest BCUT2D eigenvalue weighted by Gasteiger charge is -2.35. The minimum Gasteiger partial charge on any atom is -0.353 e. The van der Waals surface area contributed by atoms with Crippen molar-refractivity contribution in [3.8, 4) is 0 Å². The van der Waals surface area contributed by atoms with Crippen LogP contribution in [-0.2, 0) is 19.4 Å². The summed E-state index contributed by atoms with van der Waals surface area (Å²) >= 11 is 1.83. The Bertz CT molecular complexity index is 765. The van der Waals surface area contributed by atoms with Crippen LogP contribution in [0.2, 0.25) is 0 Å². The molecule has 0 spiro atoms. The normalized spacial score (nSPS) is 35.2. The summed E-state index contributed by atoms with van der Waals surface area (Å²) in [6.07, 6.45) is 6.82. The molecule has 1 heterocycles. The molecular formula is C24H43N3O4S2. The summed E-state index contributed by atoms with van der Waals surface area (Å²) in [4.78, 5) is 27.8. The lowest BCUT2D eigenvalue weighted by molar-refractivity contribution is -0.137. The van der Waals surface area contributed by atoms with E-state index >= 15 is 0 Å². The van der Waals surface area contributed by atoms with E-state index in [1.807, 2.05) is 23.6 Å². The first kappa shape index (κ1) is 26.8. The number of carbonyl (C=O) groups is 2. The van der Waals surface area contributed by atoms with Crippen LogP contribution in [0.15, 0.2) is 0 Å². The number of carbonyl (C=O) groups excluding carboxylic acids is 2. The van der Waals surface area contributed by atoms with Crippen molar-refractivity contribution in [3.63, 3.8) is 0 Å². The molecule has 3 unspecified atom stereocenters. The van der Waals surface area contributed by atoms with Gasteiger partial charge in [0.25, 0.3) is 0 Å². The van der Waals surface area contributed by atoms with Crippen LogP contribution in [0.3, 0.4) is 0 Å². The van der Waals surface area contributed by atoms with Gasteiger partial charge in [0.2, 0.25) is 11.8 Å². The smallest absolute Gasteiger partial charge is 0.227 e. The Balaban J connectivity index is 1.39. The van der Waals surface area contributed by atoms with E-state index in [1.54, 1.807) is 6.92 Å². The monoisotopic (exact) mass is 501 g/mol. The zero-order valence-electron chi connectivity index (χ0n) is 20.7. The number of hydrogen-bond acceptors (Lipinski definition) is 6. The SMILES string of the molecule is CCN(C(=O)C1CCC(NC(=O)CC2CCC(S(=O)(=O)CC)CC2)CC1)C1NC(C)C(C)S1. The summed E-state index contributed by atoms with van der Waals surface area (Å²) in [6, 6.07) is 0.548. The lowest BCUT2D eigenvalue weighted by atomic mass is 9.84. The standard InChI is InChI=1S/C24H43N3O4S2/c1-5-27(24-25-16(3)17(4)32-24)23(29)19-9-11-20(12-10-19)26-22(28)15-18-7-13-21(14-8-18)33(30,31)6-2/h16-21,24-25H,5-15H2,1-4H3,(H,26,28). The highest BCUT2D eigenvalue weighted by Gasteiger charge is 2.37. The van der Waals surface area contributed by atoms with Gasteiger partial charge in [-0.3, -0.25) is 14.9 Å². The molecule has 7 nitrogen and oxygen atoms in total. The van der Waals surface area contributed by atoms with Crippen molar-refractivity contribution < 1.29 is 18.0 Å². The van der Waals surface area contributed by atoms with E-state index in [1.165, 1.54) is 0 Å². The van der Waals surface area contributed by atoms with E-state index in [-0.39, 0.29) is 46.2 Å². The van der Waals surface area contributed by atoms with E-state index in [4.69, 9.17) is 0 Å². The maximum absolute atomic E-state index is 13.2. The molecule has 33 heavy (non-hydrogen) atoms. The molecule has 9 heteroatoms. The maximum atomic E-state index is 13.2. The van der Waals surface area contributed by atoms with Crippen LogP contribution in [-0.4, -0.2) is 65.5 Å². The molecule has 1 saturated heterocycles. The molecule has 3 aliphatic rings. The Labute approximate surface area is 204 Å². The third kappa shape index (κ3) is 6.88. The van der Waals surface area contributed by atoms with E-state index in [2.05, 4.69) is 24.5 Å². The molecule has 3 rings (SSSR count). The summed E-state index contributed by atoms with van der Waals surface area (Å²) in [5, 5.41) is 7.00. The highest BCUT2D eigenvalue weighted by molar-refractivity contribution is 8.00. The van der Waals surface area contributed by atoms with Crippen molar-refractivity contribution in [2.75, 3.05) is 12.3 Å². The first-order valence-corrected chi connectivity index (χ1v) is 15.5. The van der Waals surface area contributed by atoms with Gasteiger partial charge in [0.05, 0.1) is 5.25 Å². The molecule has 0 radical (unpaired) electrons. The van der Waals surface area contributed by atoms with Crippen LogP contribution in [0.4, 0.5) is 0 Å². The number of nitrogens with one attached hydrogen (secondary N) is 2. The van der Waals surface area contributed by atoms with Gasteiger partial charge in [-0.2, -0.15) is 0 Å². The van der Waals surface area contributed by atoms with Crippen LogP contribution >= 0.6 is 11.8 Å². The highest BCUT2D eigenvalue weighted by atomic mass is 32.2. The van der Waals surface area contributed by atoms with Gasteiger partial charge in [0.15, 0.2) is 9.84 Å². The first-order chi connectivity index (χ1) is 15.6. The van der Waals surface area contributed by atoms with Gasteiger partial charge in [0, 0.05) is 42.0 Å². The number of thioether (sulfide) groups is 1. The average Bonchev–Trinajstić information content (AvgIpc) is 3.12. The van der Waals surface area contributed by atoms with Crippen LogP contribution in [0, 0.1) is 11.8 Å². The fourth-order valence-electron chi connectivity index (χ4n) is 5.52. The highest BCUT2D eigenvalue weighted by Crippen LogP contribution is 2.33. The lowest BCUT2D eigenvalue weighted by Crippen LogP contribution is -2.49.